The minimum absolute atomic E-state index is 0.765. The lowest BCUT2D eigenvalue weighted by atomic mass is 10.1. The molecule has 0 radical (unpaired) electrons. The van der Waals surface area contributed by atoms with Crippen molar-refractivity contribution in [2.24, 2.45) is 11.8 Å². The van der Waals surface area contributed by atoms with Gasteiger partial charge in [-0.25, -0.2) is 9.97 Å². The second-order valence-electron chi connectivity index (χ2n) is 5.56. The Labute approximate surface area is 112 Å². The molecule has 2 fully saturated rings. The van der Waals surface area contributed by atoms with E-state index in [0.29, 0.717) is 0 Å². The molecule has 2 heterocycles. The van der Waals surface area contributed by atoms with Crippen molar-refractivity contribution in [3.63, 3.8) is 0 Å². The number of hydrogen-bond acceptors (Lipinski definition) is 4. The molecule has 1 aliphatic heterocycles. The van der Waals surface area contributed by atoms with E-state index in [1.54, 1.807) is 0 Å². The predicted octanol–water partition coefficient (Wildman–Crippen LogP) is 2.18. The van der Waals surface area contributed by atoms with Crippen LogP contribution in [0.5, 0.6) is 0 Å². The van der Waals surface area contributed by atoms with Crippen LogP contribution in [-0.2, 0) is 0 Å². The van der Waals surface area contributed by atoms with E-state index < -0.39 is 0 Å². The standard InChI is InChI=1S/C15H16N4/c16-14-3-1-2-10(5-14)13-6-17-15(18-7-13)19-8-11-4-12(11)9-19/h1-3,5-7,11-12H,4,8-9,16H2. The van der Waals surface area contributed by atoms with E-state index in [-0.39, 0.29) is 0 Å². The SMILES string of the molecule is Nc1cccc(-c2cnc(N3CC4CC4C3)nc2)c1. The van der Waals surface area contributed by atoms with E-state index in [2.05, 4.69) is 14.9 Å². The summed E-state index contributed by atoms with van der Waals surface area (Å²) in [6.45, 7) is 2.25. The van der Waals surface area contributed by atoms with E-state index in [0.717, 1.165) is 47.7 Å². The monoisotopic (exact) mass is 252 g/mol. The first-order chi connectivity index (χ1) is 9.29. The van der Waals surface area contributed by atoms with Crippen LogP contribution in [0.3, 0.4) is 0 Å². The zero-order valence-electron chi connectivity index (χ0n) is 10.7. The highest BCUT2D eigenvalue weighted by molar-refractivity contribution is 5.66. The van der Waals surface area contributed by atoms with Crippen LogP contribution in [0.2, 0.25) is 0 Å². The topological polar surface area (TPSA) is 55.0 Å². The summed E-state index contributed by atoms with van der Waals surface area (Å²) in [7, 11) is 0. The summed E-state index contributed by atoms with van der Waals surface area (Å²) in [5.74, 6) is 2.66. The third-order valence-electron chi connectivity index (χ3n) is 4.12. The molecule has 2 N–H and O–H groups in total. The van der Waals surface area contributed by atoms with Gasteiger partial charge in [0.05, 0.1) is 0 Å². The Morgan fingerprint density at radius 3 is 2.47 bits per heavy atom. The van der Waals surface area contributed by atoms with Crippen LogP contribution in [0.4, 0.5) is 11.6 Å². The van der Waals surface area contributed by atoms with Gasteiger partial charge in [0, 0.05) is 36.7 Å². The summed E-state index contributed by atoms with van der Waals surface area (Å²) in [4.78, 5) is 11.3. The molecule has 2 atom stereocenters. The van der Waals surface area contributed by atoms with Gasteiger partial charge in [-0.05, 0) is 36.0 Å². The molecule has 1 saturated heterocycles. The average Bonchev–Trinajstić information content (AvgIpc) is 3.05. The van der Waals surface area contributed by atoms with Gasteiger partial charge in [0.25, 0.3) is 0 Å². The van der Waals surface area contributed by atoms with Crippen molar-refractivity contribution in [3.8, 4) is 11.1 Å². The minimum atomic E-state index is 0.765. The normalized spacial score (nSPS) is 24.3. The minimum Gasteiger partial charge on any atom is -0.399 e. The molecule has 96 valence electrons. The van der Waals surface area contributed by atoms with E-state index in [4.69, 9.17) is 5.73 Å². The van der Waals surface area contributed by atoms with Gasteiger partial charge >= 0.3 is 0 Å². The summed E-state index contributed by atoms with van der Waals surface area (Å²) in [6, 6.07) is 7.81. The molecule has 0 bridgehead atoms. The van der Waals surface area contributed by atoms with Crippen molar-refractivity contribution in [2.45, 2.75) is 6.42 Å². The molecule has 0 amide bonds. The highest BCUT2D eigenvalue weighted by Crippen LogP contribution is 2.45. The number of rotatable bonds is 2. The van der Waals surface area contributed by atoms with Crippen molar-refractivity contribution in [2.75, 3.05) is 23.7 Å². The first kappa shape index (κ1) is 10.8. The Morgan fingerprint density at radius 1 is 1.05 bits per heavy atom. The maximum absolute atomic E-state index is 5.80. The fourth-order valence-corrected chi connectivity index (χ4v) is 2.91. The molecule has 4 heteroatoms. The van der Waals surface area contributed by atoms with Gasteiger partial charge in [-0.1, -0.05) is 12.1 Å². The van der Waals surface area contributed by atoms with E-state index >= 15 is 0 Å². The number of anilines is 2. The quantitative estimate of drug-likeness (QED) is 0.832. The summed E-state index contributed by atoms with van der Waals surface area (Å²) in [6.07, 6.45) is 5.18. The number of hydrogen-bond donors (Lipinski definition) is 1. The number of piperidine rings is 1. The molecule has 19 heavy (non-hydrogen) atoms. The third kappa shape index (κ3) is 1.93. The fourth-order valence-electron chi connectivity index (χ4n) is 2.91. The maximum atomic E-state index is 5.80. The molecule has 2 unspecified atom stereocenters. The van der Waals surface area contributed by atoms with Gasteiger partial charge in [-0.15, -0.1) is 0 Å². The van der Waals surface area contributed by atoms with Crippen molar-refractivity contribution >= 4 is 11.6 Å². The van der Waals surface area contributed by atoms with Gasteiger partial charge in [-0.3, -0.25) is 0 Å². The van der Waals surface area contributed by atoms with Crippen LogP contribution in [0, 0.1) is 11.8 Å². The first-order valence-corrected chi connectivity index (χ1v) is 6.72. The van der Waals surface area contributed by atoms with Crippen LogP contribution in [0.25, 0.3) is 11.1 Å². The summed E-state index contributed by atoms with van der Waals surface area (Å²) in [5.41, 5.74) is 8.64. The number of benzene rings is 1. The Balaban J connectivity index is 1.58. The van der Waals surface area contributed by atoms with Crippen molar-refractivity contribution in [1.82, 2.24) is 9.97 Å². The van der Waals surface area contributed by atoms with E-state index in [1.165, 1.54) is 6.42 Å². The number of fused-ring (bicyclic) bond motifs is 1. The van der Waals surface area contributed by atoms with Crippen LogP contribution in [0.1, 0.15) is 6.42 Å². The lowest BCUT2D eigenvalue weighted by Gasteiger charge is -2.17. The largest absolute Gasteiger partial charge is 0.399 e. The van der Waals surface area contributed by atoms with E-state index in [1.807, 2.05) is 36.7 Å². The first-order valence-electron chi connectivity index (χ1n) is 6.72. The molecule has 1 saturated carbocycles. The highest BCUT2D eigenvalue weighted by Gasteiger charge is 2.45. The summed E-state index contributed by atoms with van der Waals surface area (Å²) in [5, 5.41) is 0. The third-order valence-corrected chi connectivity index (χ3v) is 4.12. The van der Waals surface area contributed by atoms with Gasteiger partial charge < -0.3 is 10.6 Å². The van der Waals surface area contributed by atoms with Crippen LogP contribution >= 0.6 is 0 Å². The lowest BCUT2D eigenvalue weighted by Crippen LogP contribution is -2.23. The van der Waals surface area contributed by atoms with E-state index in [9.17, 15) is 0 Å². The van der Waals surface area contributed by atoms with Gasteiger partial charge in [0.15, 0.2) is 0 Å². The predicted molar refractivity (Wildman–Crippen MR) is 75.7 cm³/mol. The molecular weight excluding hydrogens is 236 g/mol. The summed E-state index contributed by atoms with van der Waals surface area (Å²) >= 11 is 0. The molecule has 4 rings (SSSR count). The number of nitrogens with two attached hydrogens (primary N) is 1. The second-order valence-corrected chi connectivity index (χ2v) is 5.56. The number of aromatic nitrogens is 2. The molecule has 2 aromatic rings. The summed E-state index contributed by atoms with van der Waals surface area (Å²) < 4.78 is 0. The Kier molecular flexibility index (Phi) is 2.24. The highest BCUT2D eigenvalue weighted by atomic mass is 15.3. The fraction of sp³-hybridized carbons (Fsp3) is 0.333. The zero-order chi connectivity index (χ0) is 12.8. The van der Waals surface area contributed by atoms with Gasteiger partial charge in [0.1, 0.15) is 0 Å². The van der Waals surface area contributed by atoms with Crippen molar-refractivity contribution < 1.29 is 0 Å². The average molecular weight is 252 g/mol. The molecule has 1 aromatic heterocycles. The molecular formula is C15H16N4. The molecule has 4 nitrogen and oxygen atoms in total. The van der Waals surface area contributed by atoms with Crippen molar-refractivity contribution in [3.05, 3.63) is 36.7 Å². The maximum Gasteiger partial charge on any atom is 0.225 e. The second kappa shape index (κ2) is 3.95. The molecule has 2 aliphatic rings. The van der Waals surface area contributed by atoms with Crippen LogP contribution < -0.4 is 10.6 Å². The number of nitrogen functional groups attached to an aromatic ring is 1. The van der Waals surface area contributed by atoms with Gasteiger partial charge in [0.2, 0.25) is 5.95 Å². The molecule has 1 aliphatic carbocycles. The molecule has 1 aromatic carbocycles. The van der Waals surface area contributed by atoms with Crippen LogP contribution in [-0.4, -0.2) is 23.1 Å². The number of nitrogens with zero attached hydrogens (tertiary/aromatic N) is 3. The Hall–Kier alpha value is -2.10. The van der Waals surface area contributed by atoms with Crippen LogP contribution in [0.15, 0.2) is 36.7 Å². The molecule has 0 spiro atoms. The Bertz CT molecular complexity index is 598. The zero-order valence-corrected chi connectivity index (χ0v) is 10.7. The van der Waals surface area contributed by atoms with Crippen molar-refractivity contribution in [1.29, 1.82) is 0 Å². The smallest absolute Gasteiger partial charge is 0.225 e. The lowest BCUT2D eigenvalue weighted by molar-refractivity contribution is 0.787. The Morgan fingerprint density at radius 2 is 1.79 bits per heavy atom. The van der Waals surface area contributed by atoms with Gasteiger partial charge in [-0.2, -0.15) is 0 Å².